The number of hydrogen-bond donors (Lipinski definition) is 1. The van der Waals surface area contributed by atoms with Crippen LogP contribution in [0.5, 0.6) is 0 Å². The van der Waals surface area contributed by atoms with Gasteiger partial charge in [0.05, 0.1) is 6.10 Å². The van der Waals surface area contributed by atoms with Crippen molar-refractivity contribution in [2.24, 2.45) is 0 Å². The Morgan fingerprint density at radius 1 is 1.30 bits per heavy atom. The molecule has 0 aromatic carbocycles. The lowest BCUT2D eigenvalue weighted by Gasteiger charge is -2.23. The summed E-state index contributed by atoms with van der Waals surface area (Å²) >= 11 is 0. The van der Waals surface area contributed by atoms with E-state index < -0.39 is 0 Å². The van der Waals surface area contributed by atoms with Gasteiger partial charge in [0.25, 0.3) is 0 Å². The van der Waals surface area contributed by atoms with E-state index >= 15 is 0 Å². The minimum Gasteiger partial charge on any atom is -0.378 e. The predicted molar refractivity (Wildman–Crippen MR) is 82.3 cm³/mol. The van der Waals surface area contributed by atoms with Gasteiger partial charge in [-0.25, -0.2) is 9.97 Å². The van der Waals surface area contributed by atoms with Crippen LogP contribution in [0.4, 0.5) is 5.82 Å². The van der Waals surface area contributed by atoms with Crippen molar-refractivity contribution in [1.82, 2.24) is 9.97 Å². The Bertz CT molecular complexity index is 440. The molecule has 0 spiro atoms. The Kier molecular flexibility index (Phi) is 5.35. The van der Waals surface area contributed by atoms with E-state index in [0.29, 0.717) is 12.0 Å². The summed E-state index contributed by atoms with van der Waals surface area (Å²) in [5.41, 5.74) is 2.33. The lowest BCUT2D eigenvalue weighted by Crippen LogP contribution is -2.23. The molecule has 1 aliphatic heterocycles. The van der Waals surface area contributed by atoms with E-state index in [4.69, 9.17) is 14.7 Å². The number of anilines is 1. The SMILES string of the molecule is CCNc1nc(CC2CCCCO2)nc(C)c1C(C)C. The molecule has 0 bridgehead atoms. The van der Waals surface area contributed by atoms with Gasteiger partial charge in [-0.1, -0.05) is 13.8 Å². The van der Waals surface area contributed by atoms with Crippen molar-refractivity contribution in [3.05, 3.63) is 17.1 Å². The fourth-order valence-electron chi connectivity index (χ4n) is 2.90. The summed E-state index contributed by atoms with van der Waals surface area (Å²) in [6, 6.07) is 0. The maximum absolute atomic E-state index is 5.80. The zero-order valence-electron chi connectivity index (χ0n) is 13.2. The lowest BCUT2D eigenvalue weighted by molar-refractivity contribution is 0.0156. The molecule has 0 saturated carbocycles. The largest absolute Gasteiger partial charge is 0.378 e. The quantitative estimate of drug-likeness (QED) is 0.895. The van der Waals surface area contributed by atoms with Crippen LogP contribution in [0, 0.1) is 6.92 Å². The third-order valence-electron chi connectivity index (χ3n) is 3.79. The molecule has 1 atom stereocenters. The van der Waals surface area contributed by atoms with Gasteiger partial charge >= 0.3 is 0 Å². The second kappa shape index (κ2) is 7.02. The smallest absolute Gasteiger partial charge is 0.133 e. The highest BCUT2D eigenvalue weighted by atomic mass is 16.5. The van der Waals surface area contributed by atoms with E-state index in [1.165, 1.54) is 18.4 Å². The first-order chi connectivity index (χ1) is 9.61. The summed E-state index contributed by atoms with van der Waals surface area (Å²) in [7, 11) is 0. The van der Waals surface area contributed by atoms with Crippen LogP contribution in [0.3, 0.4) is 0 Å². The summed E-state index contributed by atoms with van der Waals surface area (Å²) in [6.45, 7) is 10.3. The normalized spacial score (nSPS) is 19.4. The Morgan fingerprint density at radius 3 is 2.70 bits per heavy atom. The van der Waals surface area contributed by atoms with Crippen LogP contribution in [0.1, 0.15) is 63.0 Å². The second-order valence-corrected chi connectivity index (χ2v) is 5.87. The van der Waals surface area contributed by atoms with Gasteiger partial charge in [0, 0.05) is 30.8 Å². The lowest BCUT2D eigenvalue weighted by atomic mass is 10.0. The summed E-state index contributed by atoms with van der Waals surface area (Å²) in [5, 5.41) is 3.38. The van der Waals surface area contributed by atoms with Crippen LogP contribution in [0.25, 0.3) is 0 Å². The topological polar surface area (TPSA) is 47.0 Å². The van der Waals surface area contributed by atoms with Gasteiger partial charge in [0.1, 0.15) is 11.6 Å². The van der Waals surface area contributed by atoms with Crippen molar-refractivity contribution >= 4 is 5.82 Å². The zero-order valence-corrected chi connectivity index (χ0v) is 13.2. The molecular formula is C16H27N3O. The van der Waals surface area contributed by atoms with E-state index in [0.717, 1.165) is 43.3 Å². The molecule has 1 aliphatic rings. The molecule has 1 unspecified atom stereocenters. The zero-order chi connectivity index (χ0) is 14.5. The highest BCUT2D eigenvalue weighted by Crippen LogP contribution is 2.26. The van der Waals surface area contributed by atoms with Crippen molar-refractivity contribution in [2.45, 2.75) is 65.4 Å². The van der Waals surface area contributed by atoms with E-state index in [9.17, 15) is 0 Å². The Labute approximate surface area is 122 Å². The minimum atomic E-state index is 0.294. The van der Waals surface area contributed by atoms with Crippen molar-refractivity contribution in [1.29, 1.82) is 0 Å². The molecule has 0 radical (unpaired) electrons. The third-order valence-corrected chi connectivity index (χ3v) is 3.79. The molecule has 0 amide bonds. The van der Waals surface area contributed by atoms with Crippen molar-refractivity contribution in [3.63, 3.8) is 0 Å². The Balaban J connectivity index is 2.21. The summed E-state index contributed by atoms with van der Waals surface area (Å²) in [6.07, 6.45) is 4.70. The summed E-state index contributed by atoms with van der Waals surface area (Å²) < 4.78 is 5.80. The molecule has 1 fully saturated rings. The van der Waals surface area contributed by atoms with Gasteiger partial charge < -0.3 is 10.1 Å². The molecule has 20 heavy (non-hydrogen) atoms. The van der Waals surface area contributed by atoms with Crippen LogP contribution in [0.2, 0.25) is 0 Å². The molecule has 112 valence electrons. The predicted octanol–water partition coefficient (Wildman–Crippen LogP) is 3.45. The van der Waals surface area contributed by atoms with E-state index in [1.54, 1.807) is 0 Å². The van der Waals surface area contributed by atoms with Crippen LogP contribution in [0.15, 0.2) is 0 Å². The standard InChI is InChI=1S/C16H27N3O/c1-5-17-16-15(11(2)3)12(4)18-14(19-16)10-13-8-6-7-9-20-13/h11,13H,5-10H2,1-4H3,(H,17,18,19). The molecule has 1 aromatic rings. The van der Waals surface area contributed by atoms with E-state index in [-0.39, 0.29) is 0 Å². The Morgan fingerprint density at radius 2 is 2.10 bits per heavy atom. The number of aryl methyl sites for hydroxylation is 1. The number of rotatable bonds is 5. The average Bonchev–Trinajstić information content (AvgIpc) is 2.39. The van der Waals surface area contributed by atoms with Crippen LogP contribution in [-0.4, -0.2) is 29.2 Å². The van der Waals surface area contributed by atoms with E-state index in [1.807, 2.05) is 0 Å². The number of ether oxygens (including phenoxy) is 1. The number of hydrogen-bond acceptors (Lipinski definition) is 4. The first kappa shape index (κ1) is 15.2. The minimum absolute atomic E-state index is 0.294. The number of aromatic nitrogens is 2. The molecule has 1 aromatic heterocycles. The fraction of sp³-hybridized carbons (Fsp3) is 0.750. The van der Waals surface area contributed by atoms with Gasteiger partial charge in [0.15, 0.2) is 0 Å². The van der Waals surface area contributed by atoms with Gasteiger partial charge in [-0.3, -0.25) is 0 Å². The van der Waals surface area contributed by atoms with Crippen molar-refractivity contribution < 1.29 is 4.74 Å². The average molecular weight is 277 g/mol. The van der Waals surface area contributed by atoms with Gasteiger partial charge in [-0.15, -0.1) is 0 Å². The highest BCUT2D eigenvalue weighted by Gasteiger charge is 2.19. The summed E-state index contributed by atoms with van der Waals surface area (Å²) in [5.74, 6) is 2.35. The molecule has 0 aliphatic carbocycles. The molecule has 4 heteroatoms. The Hall–Kier alpha value is -1.16. The first-order valence-corrected chi connectivity index (χ1v) is 7.84. The molecule has 2 rings (SSSR count). The van der Waals surface area contributed by atoms with Crippen LogP contribution in [-0.2, 0) is 11.2 Å². The maximum Gasteiger partial charge on any atom is 0.133 e. The van der Waals surface area contributed by atoms with Crippen LogP contribution < -0.4 is 5.32 Å². The third kappa shape index (κ3) is 3.69. The first-order valence-electron chi connectivity index (χ1n) is 7.84. The molecule has 4 nitrogen and oxygen atoms in total. The van der Waals surface area contributed by atoms with Gasteiger partial charge in [0.2, 0.25) is 0 Å². The number of nitrogens with zero attached hydrogens (tertiary/aromatic N) is 2. The maximum atomic E-state index is 5.80. The second-order valence-electron chi connectivity index (χ2n) is 5.87. The summed E-state index contributed by atoms with van der Waals surface area (Å²) in [4.78, 5) is 9.44. The number of nitrogens with one attached hydrogen (secondary N) is 1. The molecule has 1 saturated heterocycles. The monoisotopic (exact) mass is 277 g/mol. The molecule has 1 N–H and O–H groups in total. The van der Waals surface area contributed by atoms with E-state index in [2.05, 4.69) is 33.0 Å². The van der Waals surface area contributed by atoms with Gasteiger partial charge in [-0.05, 0) is 39.0 Å². The highest BCUT2D eigenvalue weighted by molar-refractivity contribution is 5.48. The van der Waals surface area contributed by atoms with Crippen molar-refractivity contribution in [3.8, 4) is 0 Å². The van der Waals surface area contributed by atoms with Crippen molar-refractivity contribution in [2.75, 3.05) is 18.5 Å². The fourth-order valence-corrected chi connectivity index (χ4v) is 2.90. The van der Waals surface area contributed by atoms with Gasteiger partial charge in [-0.2, -0.15) is 0 Å². The molecular weight excluding hydrogens is 250 g/mol. The molecule has 2 heterocycles. The van der Waals surface area contributed by atoms with Crippen LogP contribution >= 0.6 is 0 Å².